The maximum atomic E-state index is 12.2. The molecule has 3 atom stereocenters. The predicted molar refractivity (Wildman–Crippen MR) is 126 cm³/mol. The van der Waals surface area contributed by atoms with E-state index >= 15 is 0 Å². The van der Waals surface area contributed by atoms with Crippen LogP contribution in [0.1, 0.15) is 85.5 Å². The number of esters is 2. The standard InChI is InChI=1S/C20H38O7S.BrH.Na.H/c1-5-9-11-16(7-3)14-26-19(21)13-18(28(23,24)25)20(22)27-15-17(8-4)12-10-6-2;;;/h16-18H,5-15H2,1-4H3,(H,23,24,25);1H;;. The monoisotopic (exact) mass is 526 g/mol. The molecule has 0 saturated heterocycles. The second-order valence-corrected chi connectivity index (χ2v) is 8.95. The Kier molecular flexibility index (Phi) is 23.3. The topological polar surface area (TPSA) is 107 Å². The quantitative estimate of drug-likeness (QED) is 0.183. The number of carbonyl (C=O) groups excluding carboxylic acids is 2. The van der Waals surface area contributed by atoms with Crippen LogP contribution in [0.15, 0.2) is 0 Å². The van der Waals surface area contributed by atoms with Gasteiger partial charge < -0.3 is 9.47 Å². The van der Waals surface area contributed by atoms with Crippen LogP contribution >= 0.6 is 17.0 Å². The van der Waals surface area contributed by atoms with Crippen LogP contribution in [0.3, 0.4) is 0 Å². The molecule has 3 unspecified atom stereocenters. The van der Waals surface area contributed by atoms with Gasteiger partial charge >= 0.3 is 41.5 Å². The number of rotatable bonds is 16. The molecular formula is C20H40BrNaO7S. The third-order valence-electron chi connectivity index (χ3n) is 5.00. The molecule has 30 heavy (non-hydrogen) atoms. The molecule has 1 N–H and O–H groups in total. The van der Waals surface area contributed by atoms with Gasteiger partial charge in [0.2, 0.25) is 0 Å². The molecule has 0 heterocycles. The van der Waals surface area contributed by atoms with Crippen LogP contribution in [0, 0.1) is 11.8 Å². The van der Waals surface area contributed by atoms with Crippen LogP contribution in [0.2, 0.25) is 0 Å². The minimum atomic E-state index is -4.76. The summed E-state index contributed by atoms with van der Waals surface area (Å²) < 4.78 is 42.8. The average Bonchev–Trinajstić information content (AvgIpc) is 2.65. The zero-order valence-corrected chi connectivity index (χ0v) is 20.8. The summed E-state index contributed by atoms with van der Waals surface area (Å²) in [4.78, 5) is 24.2. The summed E-state index contributed by atoms with van der Waals surface area (Å²) in [5.74, 6) is -1.61. The van der Waals surface area contributed by atoms with Crippen molar-refractivity contribution < 1.29 is 32.0 Å². The van der Waals surface area contributed by atoms with Crippen molar-refractivity contribution in [1.82, 2.24) is 0 Å². The molecule has 0 fully saturated rings. The van der Waals surface area contributed by atoms with E-state index in [1.807, 2.05) is 13.8 Å². The number of halogens is 1. The summed E-state index contributed by atoms with van der Waals surface area (Å²) in [5.41, 5.74) is 0. The van der Waals surface area contributed by atoms with Gasteiger partial charge in [-0.15, -0.1) is 17.0 Å². The summed E-state index contributed by atoms with van der Waals surface area (Å²) >= 11 is 0. The minimum absolute atomic E-state index is 0. The van der Waals surface area contributed by atoms with Gasteiger partial charge in [0.1, 0.15) is 0 Å². The Bertz CT molecular complexity index is 557. The molecule has 0 saturated carbocycles. The van der Waals surface area contributed by atoms with Crippen molar-refractivity contribution in [2.45, 2.75) is 90.7 Å². The van der Waals surface area contributed by atoms with E-state index in [4.69, 9.17) is 9.47 Å². The van der Waals surface area contributed by atoms with Crippen LogP contribution in [0.5, 0.6) is 0 Å². The average molecular weight is 527 g/mol. The second-order valence-electron chi connectivity index (χ2n) is 7.35. The Morgan fingerprint density at radius 2 is 1.30 bits per heavy atom. The molecule has 176 valence electrons. The molecule has 0 aromatic heterocycles. The molecular weight excluding hydrogens is 487 g/mol. The van der Waals surface area contributed by atoms with Crippen LogP contribution in [-0.4, -0.2) is 72.9 Å². The second kappa shape index (κ2) is 20.0. The Balaban J connectivity index is -0.00000364. The first-order valence-electron chi connectivity index (χ1n) is 10.5. The molecule has 0 spiro atoms. The molecule has 0 aromatic carbocycles. The number of hydrogen-bond donors (Lipinski definition) is 1. The molecule has 0 rings (SSSR count). The zero-order chi connectivity index (χ0) is 21.6. The fourth-order valence-corrected chi connectivity index (χ4v) is 3.48. The molecule has 0 aliphatic carbocycles. The summed E-state index contributed by atoms with van der Waals surface area (Å²) in [6, 6.07) is 0. The van der Waals surface area contributed by atoms with Gasteiger partial charge in [-0.2, -0.15) is 8.42 Å². The van der Waals surface area contributed by atoms with Crippen molar-refractivity contribution in [3.05, 3.63) is 0 Å². The van der Waals surface area contributed by atoms with E-state index in [1.165, 1.54) is 0 Å². The van der Waals surface area contributed by atoms with E-state index < -0.39 is 33.7 Å². The van der Waals surface area contributed by atoms with Gasteiger partial charge in [-0.05, 0) is 24.7 Å². The fourth-order valence-electron chi connectivity index (χ4n) is 2.82. The Hall–Kier alpha value is 0.330. The van der Waals surface area contributed by atoms with Crippen molar-refractivity contribution in [1.29, 1.82) is 0 Å². The van der Waals surface area contributed by atoms with Crippen LogP contribution in [0.4, 0.5) is 0 Å². The molecule has 10 heteroatoms. The molecule has 0 aliphatic heterocycles. The van der Waals surface area contributed by atoms with Gasteiger partial charge in [0.25, 0.3) is 10.1 Å². The van der Waals surface area contributed by atoms with Crippen molar-refractivity contribution >= 4 is 68.6 Å². The normalized spacial score (nSPS) is 13.9. The number of carbonyl (C=O) groups is 2. The first-order chi connectivity index (χ1) is 13.2. The van der Waals surface area contributed by atoms with Gasteiger partial charge in [-0.3, -0.25) is 14.1 Å². The third kappa shape index (κ3) is 16.0. The zero-order valence-electron chi connectivity index (χ0n) is 18.2. The first kappa shape index (κ1) is 34.9. The third-order valence-corrected chi connectivity index (χ3v) is 6.08. The first-order valence-corrected chi connectivity index (χ1v) is 12.0. The van der Waals surface area contributed by atoms with E-state index in [-0.39, 0.29) is 71.6 Å². The van der Waals surface area contributed by atoms with Crippen LogP contribution in [0.25, 0.3) is 0 Å². The molecule has 0 amide bonds. The van der Waals surface area contributed by atoms with Crippen molar-refractivity contribution in [3.63, 3.8) is 0 Å². The summed E-state index contributed by atoms with van der Waals surface area (Å²) in [6.07, 6.45) is 6.74. The van der Waals surface area contributed by atoms with Crippen molar-refractivity contribution in [2.24, 2.45) is 11.8 Å². The van der Waals surface area contributed by atoms with Gasteiger partial charge in [0.05, 0.1) is 19.6 Å². The van der Waals surface area contributed by atoms with E-state index in [1.54, 1.807) is 0 Å². The van der Waals surface area contributed by atoms with E-state index in [0.29, 0.717) is 0 Å². The Morgan fingerprint density at radius 3 is 1.67 bits per heavy atom. The van der Waals surface area contributed by atoms with Crippen LogP contribution in [-0.2, 0) is 29.2 Å². The fraction of sp³-hybridized carbons (Fsp3) is 0.900. The molecule has 0 aliphatic rings. The SMILES string of the molecule is Br.CCCCC(CC)COC(=O)CC(C(=O)OCC(CC)CCCC)S(=O)(=O)O.[NaH]. The molecule has 0 aromatic rings. The van der Waals surface area contributed by atoms with Gasteiger partial charge in [-0.25, -0.2) is 0 Å². The van der Waals surface area contributed by atoms with Gasteiger partial charge in [-0.1, -0.05) is 66.2 Å². The molecule has 0 radical (unpaired) electrons. The summed E-state index contributed by atoms with van der Waals surface area (Å²) in [7, 11) is -4.76. The summed E-state index contributed by atoms with van der Waals surface area (Å²) in [5, 5.41) is -1.95. The molecule has 0 bridgehead atoms. The van der Waals surface area contributed by atoms with E-state index in [9.17, 15) is 22.6 Å². The summed E-state index contributed by atoms with van der Waals surface area (Å²) in [6.45, 7) is 8.35. The Labute approximate surface area is 215 Å². The molecule has 7 nitrogen and oxygen atoms in total. The van der Waals surface area contributed by atoms with Gasteiger partial charge in [0.15, 0.2) is 5.25 Å². The van der Waals surface area contributed by atoms with Crippen LogP contribution < -0.4 is 0 Å². The number of hydrogen-bond acceptors (Lipinski definition) is 6. The van der Waals surface area contributed by atoms with Crippen molar-refractivity contribution in [3.8, 4) is 0 Å². The van der Waals surface area contributed by atoms with E-state index in [2.05, 4.69) is 13.8 Å². The Morgan fingerprint density at radius 1 is 0.867 bits per heavy atom. The number of unbranched alkanes of at least 4 members (excludes halogenated alkanes) is 2. The number of ether oxygens (including phenoxy) is 2. The van der Waals surface area contributed by atoms with Gasteiger partial charge in [0, 0.05) is 0 Å². The van der Waals surface area contributed by atoms with Crippen molar-refractivity contribution in [2.75, 3.05) is 13.2 Å². The maximum absolute atomic E-state index is 12.2. The van der Waals surface area contributed by atoms with E-state index in [0.717, 1.165) is 51.4 Å². The predicted octanol–water partition coefficient (Wildman–Crippen LogP) is 4.08.